The van der Waals surface area contributed by atoms with Crippen LogP contribution in [-0.4, -0.2) is 8.42 Å². The summed E-state index contributed by atoms with van der Waals surface area (Å²) in [7, 11) is -3.72. The molecule has 3 heteroatoms. The quantitative estimate of drug-likeness (QED) is 0.258. The summed E-state index contributed by atoms with van der Waals surface area (Å²) in [6.45, 7) is 2.11. The number of benzene rings is 5. The van der Waals surface area contributed by atoms with Gasteiger partial charge in [-0.2, -0.15) is 0 Å². The van der Waals surface area contributed by atoms with Crippen molar-refractivity contribution in [2.24, 2.45) is 0 Å². The van der Waals surface area contributed by atoms with Gasteiger partial charge < -0.3 is 0 Å². The number of sulfone groups is 1. The Morgan fingerprint density at radius 2 is 1.14 bits per heavy atom. The van der Waals surface area contributed by atoms with E-state index >= 15 is 0 Å². The molecule has 1 aliphatic carbocycles. The summed E-state index contributed by atoms with van der Waals surface area (Å²) in [4.78, 5) is 0.350. The Kier molecular flexibility index (Phi) is 5.58. The van der Waals surface area contributed by atoms with Gasteiger partial charge in [-0.3, -0.25) is 0 Å². The second-order valence-corrected chi connectivity index (χ2v) is 11.5. The molecule has 0 bridgehead atoms. The SMILES string of the molecule is Cc1cc(-c2ccccc2)c2c(c1)-c1ccccc1[C@H](S(=O)(=O)c1ccccc1)[C@H]2c1ccccc1. The highest BCUT2D eigenvalue weighted by Gasteiger charge is 2.44. The molecule has 5 aromatic carbocycles. The molecule has 2 atom stereocenters. The van der Waals surface area contributed by atoms with E-state index in [1.807, 2.05) is 60.7 Å². The summed E-state index contributed by atoms with van der Waals surface area (Å²) >= 11 is 0. The van der Waals surface area contributed by atoms with Crippen LogP contribution in [0.4, 0.5) is 0 Å². The third-order valence-corrected chi connectivity index (χ3v) is 9.27. The first-order chi connectivity index (χ1) is 17.6. The lowest BCUT2D eigenvalue weighted by Gasteiger charge is -2.37. The predicted octanol–water partition coefficient (Wildman–Crippen LogP) is 7.99. The molecule has 2 nitrogen and oxygen atoms in total. The predicted molar refractivity (Wildman–Crippen MR) is 147 cm³/mol. The van der Waals surface area contributed by atoms with Gasteiger partial charge in [0.15, 0.2) is 9.84 Å². The summed E-state index contributed by atoms with van der Waals surface area (Å²) in [6.07, 6.45) is 0. The Hall–Kier alpha value is -3.95. The van der Waals surface area contributed by atoms with Crippen LogP contribution < -0.4 is 0 Å². The third-order valence-electron chi connectivity index (χ3n) is 7.15. The first kappa shape index (κ1) is 22.5. The zero-order valence-corrected chi connectivity index (χ0v) is 20.8. The minimum Gasteiger partial charge on any atom is -0.223 e. The van der Waals surface area contributed by atoms with E-state index in [0.717, 1.165) is 44.5 Å². The van der Waals surface area contributed by atoms with Crippen molar-refractivity contribution in [3.05, 3.63) is 150 Å². The topological polar surface area (TPSA) is 34.1 Å². The Bertz CT molecular complexity index is 1620. The molecule has 0 fully saturated rings. The summed E-state index contributed by atoms with van der Waals surface area (Å²) < 4.78 is 28.9. The second kappa shape index (κ2) is 8.92. The van der Waals surface area contributed by atoms with Crippen molar-refractivity contribution in [2.75, 3.05) is 0 Å². The smallest absolute Gasteiger partial charge is 0.186 e. The Balaban J connectivity index is 1.74. The summed E-state index contributed by atoms with van der Waals surface area (Å²) in [5.41, 5.74) is 8.35. The van der Waals surface area contributed by atoms with Gasteiger partial charge in [-0.05, 0) is 63.6 Å². The van der Waals surface area contributed by atoms with Crippen molar-refractivity contribution in [1.29, 1.82) is 0 Å². The van der Waals surface area contributed by atoms with E-state index in [4.69, 9.17) is 0 Å². The van der Waals surface area contributed by atoms with Crippen LogP contribution in [0.2, 0.25) is 0 Å². The fraction of sp³-hybridized carbons (Fsp3) is 0.0909. The van der Waals surface area contributed by atoms with E-state index in [9.17, 15) is 8.42 Å². The molecule has 0 radical (unpaired) electrons. The van der Waals surface area contributed by atoms with Crippen LogP contribution in [0.5, 0.6) is 0 Å². The van der Waals surface area contributed by atoms with Gasteiger partial charge in [0.1, 0.15) is 5.25 Å². The largest absolute Gasteiger partial charge is 0.223 e. The number of fused-ring (bicyclic) bond motifs is 3. The van der Waals surface area contributed by atoms with Gasteiger partial charge in [0.2, 0.25) is 0 Å². The minimum absolute atomic E-state index is 0.350. The summed E-state index contributed by atoms with van der Waals surface area (Å²) in [5.74, 6) is -0.364. The summed E-state index contributed by atoms with van der Waals surface area (Å²) in [6, 6.07) is 41.7. The van der Waals surface area contributed by atoms with E-state index in [2.05, 4.69) is 49.4 Å². The number of hydrogen-bond donors (Lipinski definition) is 0. The zero-order valence-electron chi connectivity index (χ0n) is 20.0. The fourth-order valence-corrected chi connectivity index (χ4v) is 7.66. The number of rotatable bonds is 4. The van der Waals surface area contributed by atoms with Crippen LogP contribution in [0.25, 0.3) is 22.3 Å². The molecule has 0 aromatic heterocycles. The zero-order chi connectivity index (χ0) is 24.7. The van der Waals surface area contributed by atoms with Crippen molar-refractivity contribution in [1.82, 2.24) is 0 Å². The van der Waals surface area contributed by atoms with Crippen molar-refractivity contribution in [2.45, 2.75) is 23.0 Å². The average molecular weight is 487 g/mol. The van der Waals surface area contributed by atoms with E-state index in [1.165, 1.54) is 0 Å². The molecule has 36 heavy (non-hydrogen) atoms. The lowest BCUT2D eigenvalue weighted by Crippen LogP contribution is -2.27. The second-order valence-electron chi connectivity index (χ2n) is 9.39. The maximum absolute atomic E-state index is 14.5. The normalized spacial score (nSPS) is 16.7. The van der Waals surface area contributed by atoms with Crippen molar-refractivity contribution < 1.29 is 8.42 Å². The molecule has 0 heterocycles. The van der Waals surface area contributed by atoms with Crippen LogP contribution >= 0.6 is 0 Å². The molecule has 0 N–H and O–H groups in total. The average Bonchev–Trinajstić information content (AvgIpc) is 2.93. The van der Waals surface area contributed by atoms with Gasteiger partial charge in [0, 0.05) is 5.92 Å². The third kappa shape index (κ3) is 3.68. The van der Waals surface area contributed by atoms with E-state index < -0.39 is 15.1 Å². The Morgan fingerprint density at radius 1 is 0.583 bits per heavy atom. The highest BCUT2D eigenvalue weighted by molar-refractivity contribution is 7.91. The van der Waals surface area contributed by atoms with E-state index in [1.54, 1.807) is 24.3 Å². The standard InChI is InChI=1S/C33H26O2S/c1-23-21-29(24-13-5-2-6-14-24)32-30(22-23)27-19-11-12-20-28(27)33(31(32)25-15-7-3-8-16-25)36(34,35)26-17-9-4-10-18-26/h2-22,31,33H,1H3/t31-,33-/m0/s1. The Labute approximate surface area is 212 Å². The van der Waals surface area contributed by atoms with Gasteiger partial charge >= 0.3 is 0 Å². The van der Waals surface area contributed by atoms with Crippen LogP contribution in [0.1, 0.15) is 33.4 Å². The minimum atomic E-state index is -3.72. The lowest BCUT2D eigenvalue weighted by molar-refractivity contribution is 0.570. The molecular weight excluding hydrogens is 460 g/mol. The lowest BCUT2D eigenvalue weighted by atomic mass is 9.72. The first-order valence-electron chi connectivity index (χ1n) is 12.2. The first-order valence-corrected chi connectivity index (χ1v) is 13.7. The van der Waals surface area contributed by atoms with Crippen LogP contribution in [0, 0.1) is 6.92 Å². The van der Waals surface area contributed by atoms with Crippen molar-refractivity contribution in [3.8, 4) is 22.3 Å². The van der Waals surface area contributed by atoms with Crippen molar-refractivity contribution in [3.63, 3.8) is 0 Å². The van der Waals surface area contributed by atoms with Crippen molar-refractivity contribution >= 4 is 9.84 Å². The van der Waals surface area contributed by atoms with E-state index in [0.29, 0.717) is 4.90 Å². The molecular formula is C33H26O2S. The molecule has 0 amide bonds. The van der Waals surface area contributed by atoms with Gasteiger partial charge in [-0.25, -0.2) is 8.42 Å². The maximum atomic E-state index is 14.5. The number of aryl methyl sites for hydroxylation is 1. The highest BCUT2D eigenvalue weighted by atomic mass is 32.2. The van der Waals surface area contributed by atoms with Crippen LogP contribution in [-0.2, 0) is 9.84 Å². The fourth-order valence-electron chi connectivity index (χ4n) is 5.64. The summed E-state index contributed by atoms with van der Waals surface area (Å²) in [5, 5.41) is -0.754. The van der Waals surface area contributed by atoms with Crippen LogP contribution in [0.15, 0.2) is 132 Å². The molecule has 0 aliphatic heterocycles. The Morgan fingerprint density at radius 3 is 1.83 bits per heavy atom. The van der Waals surface area contributed by atoms with Gasteiger partial charge in [-0.1, -0.05) is 115 Å². The van der Waals surface area contributed by atoms with Gasteiger partial charge in [0.25, 0.3) is 0 Å². The molecule has 0 saturated heterocycles. The molecule has 176 valence electrons. The van der Waals surface area contributed by atoms with Crippen LogP contribution in [0.3, 0.4) is 0 Å². The molecule has 0 unspecified atom stereocenters. The molecule has 6 rings (SSSR count). The molecule has 1 aliphatic rings. The maximum Gasteiger partial charge on any atom is 0.186 e. The van der Waals surface area contributed by atoms with Gasteiger partial charge in [0.05, 0.1) is 4.90 Å². The number of hydrogen-bond acceptors (Lipinski definition) is 2. The molecule has 0 saturated carbocycles. The van der Waals surface area contributed by atoms with E-state index in [-0.39, 0.29) is 5.92 Å². The molecule has 5 aromatic rings. The highest BCUT2D eigenvalue weighted by Crippen LogP contribution is 2.56. The monoisotopic (exact) mass is 486 g/mol. The molecule has 0 spiro atoms. The van der Waals surface area contributed by atoms with Gasteiger partial charge in [-0.15, -0.1) is 0 Å².